The zero-order valence-electron chi connectivity index (χ0n) is 9.54. The molecule has 1 amide bonds. The van der Waals surface area contributed by atoms with Crippen LogP contribution in [-0.4, -0.2) is 41.9 Å². The van der Waals surface area contributed by atoms with Crippen LogP contribution in [0.2, 0.25) is 5.02 Å². The molecule has 0 N–H and O–H groups in total. The summed E-state index contributed by atoms with van der Waals surface area (Å²) in [5.74, 6) is -0.835. The molecule has 1 saturated heterocycles. The minimum Gasteiger partial charge on any atom is -0.377 e. The average molecular weight is 337 g/mol. The van der Waals surface area contributed by atoms with Crippen molar-refractivity contribution in [2.75, 3.05) is 25.1 Å². The van der Waals surface area contributed by atoms with Crippen LogP contribution in [0.1, 0.15) is 10.4 Å². The van der Waals surface area contributed by atoms with Crippen LogP contribution in [0.3, 0.4) is 0 Å². The van der Waals surface area contributed by atoms with Gasteiger partial charge < -0.3 is 9.64 Å². The van der Waals surface area contributed by atoms with Crippen LogP contribution in [-0.2, 0) is 4.74 Å². The Hall–Kier alpha value is -0.650. The van der Waals surface area contributed by atoms with Crippen molar-refractivity contribution >= 4 is 33.4 Å². The van der Waals surface area contributed by atoms with Crippen molar-refractivity contribution in [3.8, 4) is 0 Å². The van der Waals surface area contributed by atoms with Gasteiger partial charge in [-0.05, 0) is 12.1 Å². The molecule has 0 aromatic heterocycles. The van der Waals surface area contributed by atoms with Gasteiger partial charge in [-0.15, -0.1) is 0 Å². The van der Waals surface area contributed by atoms with E-state index in [1.165, 1.54) is 18.2 Å². The zero-order chi connectivity index (χ0) is 13.1. The Balaban J connectivity index is 2.27. The van der Waals surface area contributed by atoms with Crippen LogP contribution in [0.15, 0.2) is 18.2 Å². The Morgan fingerprint density at radius 1 is 1.61 bits per heavy atom. The van der Waals surface area contributed by atoms with E-state index in [-0.39, 0.29) is 22.5 Å². The topological polar surface area (TPSA) is 29.5 Å². The second kappa shape index (κ2) is 5.99. The lowest BCUT2D eigenvalue weighted by Gasteiger charge is -2.34. The van der Waals surface area contributed by atoms with Gasteiger partial charge in [-0.1, -0.05) is 33.6 Å². The molecule has 0 bridgehead atoms. The highest BCUT2D eigenvalue weighted by Crippen LogP contribution is 2.23. The average Bonchev–Trinajstić information content (AvgIpc) is 2.41. The van der Waals surface area contributed by atoms with Crippen molar-refractivity contribution < 1.29 is 13.9 Å². The fourth-order valence-electron chi connectivity index (χ4n) is 1.87. The van der Waals surface area contributed by atoms with Gasteiger partial charge in [0.15, 0.2) is 0 Å². The Morgan fingerprint density at radius 3 is 3.11 bits per heavy atom. The van der Waals surface area contributed by atoms with E-state index in [1.54, 1.807) is 4.90 Å². The largest absolute Gasteiger partial charge is 0.377 e. The molecule has 1 aromatic carbocycles. The second-order valence-corrected chi connectivity index (χ2v) is 5.01. The number of nitrogens with zero attached hydrogens (tertiary/aromatic N) is 1. The molecule has 0 saturated carbocycles. The Labute approximate surface area is 118 Å². The van der Waals surface area contributed by atoms with E-state index in [1.807, 2.05) is 0 Å². The molecule has 18 heavy (non-hydrogen) atoms. The summed E-state index contributed by atoms with van der Waals surface area (Å²) < 4.78 is 18.7. The molecule has 0 radical (unpaired) electrons. The third-order valence-corrected chi connectivity index (χ3v) is 3.98. The molecular weight excluding hydrogens is 324 g/mol. The van der Waals surface area contributed by atoms with Gasteiger partial charge in [-0.25, -0.2) is 4.39 Å². The molecule has 0 spiro atoms. The number of hydrogen-bond donors (Lipinski definition) is 0. The number of hydrogen-bond acceptors (Lipinski definition) is 2. The minimum atomic E-state index is -0.578. The number of alkyl halides is 1. The fourth-order valence-corrected chi connectivity index (χ4v) is 2.62. The first kappa shape index (κ1) is 13.8. The number of morpholine rings is 1. The Morgan fingerprint density at radius 2 is 2.39 bits per heavy atom. The van der Waals surface area contributed by atoms with Crippen molar-refractivity contribution in [2.45, 2.75) is 6.04 Å². The van der Waals surface area contributed by atoms with Crippen molar-refractivity contribution in [3.05, 3.63) is 34.6 Å². The molecule has 1 aliphatic heterocycles. The summed E-state index contributed by atoms with van der Waals surface area (Å²) in [6, 6.07) is 4.21. The summed E-state index contributed by atoms with van der Waals surface area (Å²) in [4.78, 5) is 14.0. The van der Waals surface area contributed by atoms with Gasteiger partial charge in [-0.3, -0.25) is 4.79 Å². The van der Waals surface area contributed by atoms with Crippen LogP contribution in [0.5, 0.6) is 0 Å². The third kappa shape index (κ3) is 2.68. The van der Waals surface area contributed by atoms with Crippen LogP contribution in [0, 0.1) is 5.82 Å². The quantitative estimate of drug-likeness (QED) is 0.777. The molecular formula is C12H12BrClFNO2. The fraction of sp³-hybridized carbons (Fsp3) is 0.417. The van der Waals surface area contributed by atoms with Gasteiger partial charge in [0.25, 0.3) is 5.91 Å². The van der Waals surface area contributed by atoms with E-state index >= 15 is 0 Å². The van der Waals surface area contributed by atoms with Crippen molar-refractivity contribution in [1.82, 2.24) is 4.90 Å². The third-order valence-electron chi connectivity index (χ3n) is 2.85. The number of amides is 1. The molecule has 1 aromatic rings. The first-order chi connectivity index (χ1) is 8.65. The molecule has 1 atom stereocenters. The van der Waals surface area contributed by atoms with Crippen molar-refractivity contribution in [1.29, 1.82) is 0 Å². The molecule has 98 valence electrons. The number of benzene rings is 1. The number of rotatable bonds is 2. The van der Waals surface area contributed by atoms with Gasteiger partial charge in [-0.2, -0.15) is 0 Å². The van der Waals surface area contributed by atoms with E-state index in [2.05, 4.69) is 15.9 Å². The monoisotopic (exact) mass is 335 g/mol. The highest BCUT2D eigenvalue weighted by Gasteiger charge is 2.28. The number of halogens is 3. The van der Waals surface area contributed by atoms with Gasteiger partial charge in [0.05, 0.1) is 29.8 Å². The summed E-state index contributed by atoms with van der Waals surface area (Å²) in [6.45, 7) is 1.45. The number of carbonyl (C=O) groups excluding carboxylic acids is 1. The van der Waals surface area contributed by atoms with Crippen molar-refractivity contribution in [2.24, 2.45) is 0 Å². The molecule has 1 aliphatic rings. The molecule has 1 fully saturated rings. The van der Waals surface area contributed by atoms with Crippen LogP contribution in [0.25, 0.3) is 0 Å². The molecule has 3 nitrogen and oxygen atoms in total. The molecule has 1 heterocycles. The van der Waals surface area contributed by atoms with E-state index in [0.717, 1.165) is 0 Å². The van der Waals surface area contributed by atoms with Crippen LogP contribution >= 0.6 is 27.5 Å². The predicted octanol–water partition coefficient (Wildman–Crippen LogP) is 2.72. The highest BCUT2D eigenvalue weighted by atomic mass is 79.9. The number of ether oxygens (including phenoxy) is 1. The number of carbonyl (C=O) groups is 1. The lowest BCUT2D eigenvalue weighted by Crippen LogP contribution is -2.49. The summed E-state index contributed by atoms with van der Waals surface area (Å²) in [5.41, 5.74) is 0.199. The first-order valence-corrected chi connectivity index (χ1v) is 7.03. The summed E-state index contributed by atoms with van der Waals surface area (Å²) in [6.07, 6.45) is 0. The first-order valence-electron chi connectivity index (χ1n) is 5.54. The summed E-state index contributed by atoms with van der Waals surface area (Å²) >= 11 is 9.18. The molecule has 0 aliphatic carbocycles. The lowest BCUT2D eigenvalue weighted by molar-refractivity contribution is 0.00523. The maximum Gasteiger partial charge on any atom is 0.255 e. The summed E-state index contributed by atoms with van der Waals surface area (Å²) in [7, 11) is 0. The van der Waals surface area contributed by atoms with E-state index < -0.39 is 5.82 Å². The smallest absolute Gasteiger partial charge is 0.255 e. The lowest BCUT2D eigenvalue weighted by atomic mass is 10.1. The standard InChI is InChI=1S/C12H12BrClFNO2/c13-6-8-7-18-5-4-16(8)12(17)9-2-1-3-10(15)11(9)14/h1-3,8H,4-7H2. The van der Waals surface area contributed by atoms with Gasteiger partial charge >= 0.3 is 0 Å². The van der Waals surface area contributed by atoms with E-state index in [0.29, 0.717) is 25.1 Å². The minimum absolute atomic E-state index is 0.0504. The predicted molar refractivity (Wildman–Crippen MR) is 70.8 cm³/mol. The zero-order valence-corrected chi connectivity index (χ0v) is 11.9. The van der Waals surface area contributed by atoms with Crippen LogP contribution < -0.4 is 0 Å². The SMILES string of the molecule is O=C(c1cccc(F)c1Cl)N1CCOCC1CBr. The van der Waals surface area contributed by atoms with E-state index in [9.17, 15) is 9.18 Å². The molecule has 2 rings (SSSR count). The maximum atomic E-state index is 13.3. The van der Waals surface area contributed by atoms with E-state index in [4.69, 9.17) is 16.3 Å². The maximum absolute atomic E-state index is 13.3. The second-order valence-electron chi connectivity index (χ2n) is 3.98. The van der Waals surface area contributed by atoms with Crippen LogP contribution in [0.4, 0.5) is 4.39 Å². The van der Waals surface area contributed by atoms with Crippen molar-refractivity contribution in [3.63, 3.8) is 0 Å². The highest BCUT2D eigenvalue weighted by molar-refractivity contribution is 9.09. The molecule has 6 heteroatoms. The Kier molecular flexibility index (Phi) is 4.59. The summed E-state index contributed by atoms with van der Waals surface area (Å²) in [5, 5.41) is 0.494. The van der Waals surface area contributed by atoms with Gasteiger partial charge in [0.2, 0.25) is 0 Å². The Bertz CT molecular complexity index is 458. The van der Waals surface area contributed by atoms with Gasteiger partial charge in [0.1, 0.15) is 5.82 Å². The normalized spacial score (nSPS) is 19.9. The molecule has 1 unspecified atom stereocenters. The van der Waals surface area contributed by atoms with Gasteiger partial charge in [0, 0.05) is 11.9 Å².